The zero-order valence-electron chi connectivity index (χ0n) is 15.3. The van der Waals surface area contributed by atoms with Crippen LogP contribution in [0.3, 0.4) is 0 Å². The van der Waals surface area contributed by atoms with E-state index in [9.17, 15) is 4.79 Å². The summed E-state index contributed by atoms with van der Waals surface area (Å²) < 4.78 is 1.45. The van der Waals surface area contributed by atoms with Crippen LogP contribution in [0.1, 0.15) is 25.0 Å². The average Bonchev–Trinajstić information content (AvgIpc) is 2.66. The number of nitrogens with two attached hydrogens (primary N) is 1. The number of hydrogen-bond donors (Lipinski definition) is 2. The Hall–Kier alpha value is -2.99. The molecule has 1 heterocycles. The summed E-state index contributed by atoms with van der Waals surface area (Å²) in [5, 5.41) is 0. The summed E-state index contributed by atoms with van der Waals surface area (Å²) in [7, 11) is 1.67. The molecule has 3 N–H and O–H groups in total. The number of rotatable bonds is 4. The number of nitrogens with zero attached hydrogens (tertiary/aromatic N) is 3. The Morgan fingerprint density at radius 3 is 1.88 bits per heavy atom. The van der Waals surface area contributed by atoms with Crippen molar-refractivity contribution in [1.29, 1.82) is 0 Å². The highest BCUT2D eigenvalue weighted by atomic mass is 16.1. The van der Waals surface area contributed by atoms with Crippen LogP contribution in [-0.2, 0) is 19.9 Å². The number of nitrogen functional groups attached to an aromatic ring is 1. The molecular formula is C20H23N5O. The fraction of sp³-hybridized carbons (Fsp3) is 0.250. The zero-order chi connectivity index (χ0) is 18.7. The van der Waals surface area contributed by atoms with E-state index in [0.717, 1.165) is 29.5 Å². The van der Waals surface area contributed by atoms with Gasteiger partial charge in [-0.25, -0.2) is 10.6 Å². The number of aryl methyl sites for hydroxylation is 2. The van der Waals surface area contributed by atoms with Gasteiger partial charge in [0.2, 0.25) is 5.95 Å². The summed E-state index contributed by atoms with van der Waals surface area (Å²) >= 11 is 0. The van der Waals surface area contributed by atoms with Crippen LogP contribution in [0.4, 0.5) is 5.95 Å². The van der Waals surface area contributed by atoms with E-state index in [1.807, 2.05) is 6.07 Å². The van der Waals surface area contributed by atoms with Crippen LogP contribution in [-0.4, -0.2) is 14.5 Å². The summed E-state index contributed by atoms with van der Waals surface area (Å²) in [6.07, 6.45) is 1.74. The predicted molar refractivity (Wildman–Crippen MR) is 105 cm³/mol. The van der Waals surface area contributed by atoms with Crippen LogP contribution in [0.2, 0.25) is 0 Å². The van der Waals surface area contributed by atoms with Crippen LogP contribution in [0.5, 0.6) is 0 Å². The molecule has 2 aliphatic rings. The maximum Gasteiger partial charge on any atom is 0.352 e. The van der Waals surface area contributed by atoms with E-state index >= 15 is 0 Å². The topological polar surface area (TPSA) is 85.8 Å². The number of nitrogens with one attached hydrogen (secondary N) is 1. The average molecular weight is 349 g/mol. The lowest BCUT2D eigenvalue weighted by atomic mass is 9.95. The number of hydrazine groups is 1. The molecule has 0 unspecified atom stereocenters. The van der Waals surface area contributed by atoms with E-state index < -0.39 is 0 Å². The van der Waals surface area contributed by atoms with Gasteiger partial charge in [-0.1, -0.05) is 56.3 Å². The number of anilines is 1. The lowest BCUT2D eigenvalue weighted by Crippen LogP contribution is -2.26. The Balaban J connectivity index is 0.000000269. The Labute approximate surface area is 152 Å². The molecule has 0 fully saturated rings. The van der Waals surface area contributed by atoms with Gasteiger partial charge in [-0.15, -0.1) is 0 Å². The van der Waals surface area contributed by atoms with Crippen molar-refractivity contribution in [1.82, 2.24) is 14.5 Å². The van der Waals surface area contributed by atoms with Crippen molar-refractivity contribution >= 4 is 5.95 Å². The molecule has 0 atom stereocenters. The van der Waals surface area contributed by atoms with Crippen LogP contribution >= 0.6 is 0 Å². The monoisotopic (exact) mass is 349 g/mol. The first-order valence-corrected chi connectivity index (χ1v) is 8.72. The van der Waals surface area contributed by atoms with E-state index in [4.69, 9.17) is 5.84 Å². The summed E-state index contributed by atoms with van der Waals surface area (Å²) in [5.74, 6) is 6.06. The van der Waals surface area contributed by atoms with Gasteiger partial charge < -0.3 is 0 Å². The van der Waals surface area contributed by atoms with Crippen molar-refractivity contribution in [2.45, 2.75) is 26.7 Å². The van der Waals surface area contributed by atoms with E-state index in [1.54, 1.807) is 7.05 Å². The van der Waals surface area contributed by atoms with Crippen LogP contribution in [0, 0.1) is 0 Å². The third kappa shape index (κ3) is 3.23. The minimum atomic E-state index is -0.379. The van der Waals surface area contributed by atoms with Gasteiger partial charge in [0.15, 0.2) is 0 Å². The van der Waals surface area contributed by atoms with Crippen LogP contribution < -0.4 is 17.0 Å². The summed E-state index contributed by atoms with van der Waals surface area (Å²) in [4.78, 5) is 20.0. The molecule has 0 amide bonds. The van der Waals surface area contributed by atoms with Crippen molar-refractivity contribution in [2.75, 3.05) is 5.43 Å². The molecule has 0 spiro atoms. The van der Waals surface area contributed by atoms with Gasteiger partial charge in [0.1, 0.15) is 5.82 Å². The number of fused-ring (bicyclic) bond motifs is 1. The molecule has 1 aromatic carbocycles. The Morgan fingerprint density at radius 2 is 1.50 bits per heavy atom. The Morgan fingerprint density at radius 1 is 0.962 bits per heavy atom. The first-order chi connectivity index (χ1) is 12.6. The van der Waals surface area contributed by atoms with E-state index in [0.29, 0.717) is 5.82 Å². The molecule has 26 heavy (non-hydrogen) atoms. The first kappa shape index (κ1) is 17.8. The molecule has 0 bridgehead atoms. The van der Waals surface area contributed by atoms with Crippen molar-refractivity contribution < 1.29 is 0 Å². The number of hydrogen-bond acceptors (Lipinski definition) is 5. The maximum absolute atomic E-state index is 11.9. The number of benzene rings is 2. The fourth-order valence-electron chi connectivity index (χ4n) is 2.94. The van der Waals surface area contributed by atoms with Crippen LogP contribution in [0.25, 0.3) is 22.5 Å². The van der Waals surface area contributed by atoms with Crippen molar-refractivity contribution in [3.63, 3.8) is 0 Å². The van der Waals surface area contributed by atoms with Crippen molar-refractivity contribution in [3.05, 3.63) is 64.1 Å². The van der Waals surface area contributed by atoms with Gasteiger partial charge >= 0.3 is 5.69 Å². The minimum absolute atomic E-state index is 0.135. The third-order valence-corrected chi connectivity index (χ3v) is 4.59. The second kappa shape index (κ2) is 7.49. The third-order valence-electron chi connectivity index (χ3n) is 4.59. The quantitative estimate of drug-likeness (QED) is 0.437. The van der Waals surface area contributed by atoms with E-state index in [-0.39, 0.29) is 11.6 Å². The molecule has 2 aromatic rings. The minimum Gasteiger partial charge on any atom is -0.292 e. The summed E-state index contributed by atoms with van der Waals surface area (Å²) in [5.41, 5.74) is 8.12. The van der Waals surface area contributed by atoms with Crippen molar-refractivity contribution in [3.8, 4) is 22.5 Å². The standard InChI is InChI=1S/C14H19N5O.C6H4/c1-4-9-7-6-8-10(5-2)11(9)12-16-13(18-15)17-14(20)19(12)3;1-2-6-4-3-5(1)6/h6-8H,4-5,15H2,1-3H3,(H,17,18,20);1-4H. The summed E-state index contributed by atoms with van der Waals surface area (Å²) in [6.45, 7) is 4.17. The highest BCUT2D eigenvalue weighted by Gasteiger charge is 2.15. The van der Waals surface area contributed by atoms with Gasteiger partial charge in [0, 0.05) is 12.6 Å². The molecule has 0 radical (unpaired) electrons. The molecule has 0 aliphatic heterocycles. The second-order valence-electron chi connectivity index (χ2n) is 6.09. The highest BCUT2D eigenvalue weighted by Crippen LogP contribution is 2.29. The van der Waals surface area contributed by atoms with Gasteiger partial charge in [-0.05, 0) is 35.1 Å². The molecule has 6 heteroatoms. The van der Waals surface area contributed by atoms with Gasteiger partial charge in [0.25, 0.3) is 0 Å². The van der Waals surface area contributed by atoms with Gasteiger partial charge in [-0.2, -0.15) is 9.97 Å². The zero-order valence-corrected chi connectivity index (χ0v) is 15.3. The summed E-state index contributed by atoms with van der Waals surface area (Å²) in [6, 6.07) is 14.6. The molecular weight excluding hydrogens is 326 g/mol. The van der Waals surface area contributed by atoms with Gasteiger partial charge in [0.05, 0.1) is 0 Å². The molecule has 6 nitrogen and oxygen atoms in total. The molecule has 1 aromatic heterocycles. The molecule has 0 saturated heterocycles. The fourth-order valence-corrected chi connectivity index (χ4v) is 2.94. The smallest absolute Gasteiger partial charge is 0.292 e. The SMILES string of the molecule is CCc1cccc(CC)c1-c1nc(NN)nc(=O)n1C.c1cc2ccc1-2. The van der Waals surface area contributed by atoms with E-state index in [1.165, 1.54) is 15.7 Å². The normalized spacial score (nSPS) is 10.8. The van der Waals surface area contributed by atoms with Crippen molar-refractivity contribution in [2.24, 2.45) is 12.9 Å². The Bertz CT molecular complexity index is 933. The second-order valence-corrected chi connectivity index (χ2v) is 6.09. The largest absolute Gasteiger partial charge is 0.352 e. The molecule has 0 saturated carbocycles. The lowest BCUT2D eigenvalue weighted by Gasteiger charge is -2.15. The predicted octanol–water partition coefficient (Wildman–Crippen LogP) is 2.92. The molecule has 4 rings (SSSR count). The van der Waals surface area contributed by atoms with Gasteiger partial charge in [-0.3, -0.25) is 9.99 Å². The first-order valence-electron chi connectivity index (χ1n) is 8.72. The lowest BCUT2D eigenvalue weighted by molar-refractivity contribution is 0.781. The molecule has 134 valence electrons. The molecule has 2 aliphatic carbocycles. The van der Waals surface area contributed by atoms with Crippen LogP contribution in [0.15, 0.2) is 47.3 Å². The Kier molecular flexibility index (Phi) is 5.14. The van der Waals surface area contributed by atoms with E-state index in [2.05, 4.69) is 65.6 Å². The maximum atomic E-state index is 11.9. The highest BCUT2D eigenvalue weighted by molar-refractivity contribution is 5.75. The number of aromatic nitrogens is 3.